The number of rotatable bonds is 3. The normalized spacial score (nSPS) is 51.0. The first-order valence-corrected chi connectivity index (χ1v) is 5.60. The molecular weight excluding hydrogens is 232 g/mol. The second kappa shape index (κ2) is 4.77. The maximum Gasteiger partial charge on any atom is 0.142 e. The van der Waals surface area contributed by atoms with Gasteiger partial charge in [0, 0.05) is 6.42 Å². The Morgan fingerprint density at radius 1 is 1.12 bits per heavy atom. The van der Waals surface area contributed by atoms with Gasteiger partial charge in [0.15, 0.2) is 0 Å². The topological polar surface area (TPSA) is 120 Å². The van der Waals surface area contributed by atoms with Gasteiger partial charge in [-0.3, -0.25) is 0 Å². The molecule has 0 radical (unpaired) electrons. The third-order valence-electron chi connectivity index (χ3n) is 3.53. The van der Waals surface area contributed by atoms with Crippen LogP contribution in [0.2, 0.25) is 0 Å². The second-order valence-corrected chi connectivity index (χ2v) is 4.62. The van der Waals surface area contributed by atoms with Crippen molar-refractivity contribution >= 4 is 0 Å². The summed E-state index contributed by atoms with van der Waals surface area (Å²) in [6.45, 7) is -0.925. The molecule has 2 rings (SSSR count). The third kappa shape index (κ3) is 2.08. The molecule has 0 aromatic heterocycles. The van der Waals surface area contributed by atoms with Gasteiger partial charge in [0.1, 0.15) is 23.9 Å². The van der Waals surface area contributed by atoms with Crippen LogP contribution in [0.4, 0.5) is 0 Å². The van der Waals surface area contributed by atoms with Crippen LogP contribution in [0.1, 0.15) is 6.42 Å². The minimum absolute atomic E-state index is 0.111. The van der Waals surface area contributed by atoms with Crippen LogP contribution in [-0.4, -0.2) is 81.5 Å². The Hall–Kier alpha value is -0.280. The Kier molecular flexibility index (Phi) is 3.69. The highest BCUT2D eigenvalue weighted by Gasteiger charge is 2.56. The number of ether oxygens (including phenoxy) is 2. The number of aliphatic hydroxyl groups excluding tert-OH is 4. The second-order valence-electron chi connectivity index (χ2n) is 4.62. The molecule has 17 heavy (non-hydrogen) atoms. The first-order valence-electron chi connectivity index (χ1n) is 5.60. The van der Waals surface area contributed by atoms with E-state index in [1.807, 2.05) is 0 Å². The highest BCUT2D eigenvalue weighted by Crippen LogP contribution is 2.36. The molecule has 0 spiro atoms. The molecule has 0 saturated carbocycles. The minimum atomic E-state index is -1.65. The lowest BCUT2D eigenvalue weighted by Crippen LogP contribution is -2.53. The standard InChI is InChI=1S/C10H18O7/c11-2-6-5(13)1-8(17-6)10(15)4-16-7(3-12)9(10)14/h5-9,11-15H,1-4H2/t5-,6+,7+,8?,9+,10+/m0/s1. The van der Waals surface area contributed by atoms with Gasteiger partial charge in [0.2, 0.25) is 0 Å². The zero-order chi connectivity index (χ0) is 12.6. The van der Waals surface area contributed by atoms with Gasteiger partial charge < -0.3 is 35.0 Å². The van der Waals surface area contributed by atoms with Gasteiger partial charge >= 0.3 is 0 Å². The largest absolute Gasteiger partial charge is 0.394 e. The molecule has 7 heteroatoms. The number of hydrogen-bond donors (Lipinski definition) is 5. The van der Waals surface area contributed by atoms with Crippen LogP contribution in [0.15, 0.2) is 0 Å². The highest BCUT2D eigenvalue weighted by atomic mass is 16.6. The quantitative estimate of drug-likeness (QED) is 0.361. The fourth-order valence-electron chi connectivity index (χ4n) is 2.39. The molecular formula is C10H18O7. The molecule has 2 heterocycles. The van der Waals surface area contributed by atoms with Gasteiger partial charge in [-0.15, -0.1) is 0 Å². The molecule has 2 fully saturated rings. The van der Waals surface area contributed by atoms with E-state index < -0.39 is 42.7 Å². The van der Waals surface area contributed by atoms with E-state index >= 15 is 0 Å². The predicted octanol–water partition coefficient (Wildman–Crippen LogP) is -3.02. The summed E-state index contributed by atoms with van der Waals surface area (Å²) in [6.07, 6.45) is -4.48. The molecule has 2 saturated heterocycles. The van der Waals surface area contributed by atoms with E-state index in [0.29, 0.717) is 0 Å². The molecule has 0 amide bonds. The Morgan fingerprint density at radius 2 is 1.76 bits per heavy atom. The molecule has 0 aromatic rings. The first-order chi connectivity index (χ1) is 8.02. The van der Waals surface area contributed by atoms with Gasteiger partial charge in [-0.25, -0.2) is 0 Å². The summed E-state index contributed by atoms with van der Waals surface area (Å²) in [5, 5.41) is 47.6. The van der Waals surface area contributed by atoms with Crippen molar-refractivity contribution in [1.82, 2.24) is 0 Å². The Morgan fingerprint density at radius 3 is 2.24 bits per heavy atom. The molecule has 7 nitrogen and oxygen atoms in total. The average Bonchev–Trinajstić information content (AvgIpc) is 2.83. The van der Waals surface area contributed by atoms with Crippen LogP contribution in [0.3, 0.4) is 0 Å². The number of hydrogen-bond acceptors (Lipinski definition) is 7. The SMILES string of the molecule is OC[C@H]1OC[C@@](O)(C2C[C@H](O)[C@@H](CO)O2)[C@@H]1O. The van der Waals surface area contributed by atoms with Gasteiger partial charge in [-0.05, 0) is 0 Å². The van der Waals surface area contributed by atoms with E-state index in [4.69, 9.17) is 19.7 Å². The summed E-state index contributed by atoms with van der Waals surface area (Å²) in [4.78, 5) is 0. The lowest BCUT2D eigenvalue weighted by atomic mass is 9.88. The van der Waals surface area contributed by atoms with Gasteiger partial charge in [0.05, 0.1) is 32.0 Å². The number of aliphatic hydroxyl groups is 5. The van der Waals surface area contributed by atoms with Crippen LogP contribution < -0.4 is 0 Å². The van der Waals surface area contributed by atoms with E-state index in [1.165, 1.54) is 0 Å². The van der Waals surface area contributed by atoms with Crippen LogP contribution in [0, 0.1) is 0 Å². The van der Waals surface area contributed by atoms with Gasteiger partial charge in [0.25, 0.3) is 0 Å². The molecule has 0 aromatic carbocycles. The minimum Gasteiger partial charge on any atom is -0.394 e. The van der Waals surface area contributed by atoms with Crippen LogP contribution in [-0.2, 0) is 9.47 Å². The van der Waals surface area contributed by atoms with Crippen molar-refractivity contribution in [3.05, 3.63) is 0 Å². The molecule has 2 aliphatic rings. The highest BCUT2D eigenvalue weighted by molar-refractivity contribution is 5.05. The van der Waals surface area contributed by atoms with E-state index in [0.717, 1.165) is 0 Å². The fourth-order valence-corrected chi connectivity index (χ4v) is 2.39. The van der Waals surface area contributed by atoms with Crippen LogP contribution in [0.25, 0.3) is 0 Å². The smallest absolute Gasteiger partial charge is 0.142 e. The van der Waals surface area contributed by atoms with E-state index in [-0.39, 0.29) is 19.6 Å². The molecule has 0 aliphatic carbocycles. The Bertz CT molecular complexity index is 273. The zero-order valence-electron chi connectivity index (χ0n) is 9.27. The Labute approximate surface area is 98.2 Å². The predicted molar refractivity (Wildman–Crippen MR) is 54.2 cm³/mol. The van der Waals surface area contributed by atoms with Gasteiger partial charge in [-0.2, -0.15) is 0 Å². The van der Waals surface area contributed by atoms with Crippen LogP contribution in [0.5, 0.6) is 0 Å². The Balaban J connectivity index is 2.08. The van der Waals surface area contributed by atoms with E-state index in [1.54, 1.807) is 0 Å². The molecule has 5 N–H and O–H groups in total. The summed E-state index contributed by atoms with van der Waals surface area (Å²) in [6, 6.07) is 0. The van der Waals surface area contributed by atoms with Crippen molar-refractivity contribution in [2.45, 2.75) is 42.5 Å². The molecule has 100 valence electrons. The van der Waals surface area contributed by atoms with Gasteiger partial charge in [-0.1, -0.05) is 0 Å². The lowest BCUT2D eigenvalue weighted by Gasteiger charge is -2.31. The molecule has 6 atom stereocenters. The summed E-state index contributed by atoms with van der Waals surface area (Å²) >= 11 is 0. The van der Waals surface area contributed by atoms with Crippen molar-refractivity contribution in [1.29, 1.82) is 0 Å². The summed E-state index contributed by atoms with van der Waals surface area (Å²) in [5.74, 6) is 0. The maximum atomic E-state index is 10.3. The summed E-state index contributed by atoms with van der Waals surface area (Å²) in [5.41, 5.74) is -1.65. The molecule has 0 bridgehead atoms. The lowest BCUT2D eigenvalue weighted by molar-refractivity contribution is -0.150. The fraction of sp³-hybridized carbons (Fsp3) is 1.00. The maximum absolute atomic E-state index is 10.3. The summed E-state index contributed by atoms with van der Waals surface area (Å²) in [7, 11) is 0. The zero-order valence-corrected chi connectivity index (χ0v) is 9.27. The van der Waals surface area contributed by atoms with Crippen molar-refractivity contribution in [3.63, 3.8) is 0 Å². The monoisotopic (exact) mass is 250 g/mol. The van der Waals surface area contributed by atoms with Crippen LogP contribution >= 0.6 is 0 Å². The van der Waals surface area contributed by atoms with E-state index in [9.17, 15) is 15.3 Å². The van der Waals surface area contributed by atoms with Crippen molar-refractivity contribution in [2.24, 2.45) is 0 Å². The third-order valence-corrected chi connectivity index (χ3v) is 3.53. The molecule has 2 aliphatic heterocycles. The van der Waals surface area contributed by atoms with E-state index in [2.05, 4.69) is 0 Å². The average molecular weight is 250 g/mol. The first kappa shape index (κ1) is 13.2. The van der Waals surface area contributed by atoms with Crippen molar-refractivity contribution in [3.8, 4) is 0 Å². The van der Waals surface area contributed by atoms with Crippen molar-refractivity contribution in [2.75, 3.05) is 19.8 Å². The molecule has 1 unspecified atom stereocenters. The summed E-state index contributed by atoms with van der Waals surface area (Å²) < 4.78 is 10.4. The van der Waals surface area contributed by atoms with Crippen molar-refractivity contribution < 1.29 is 35.0 Å².